The molecule has 4 aliphatic carbocycles. The van der Waals surface area contributed by atoms with E-state index in [0.717, 1.165) is 45.3 Å². The van der Waals surface area contributed by atoms with Crippen molar-refractivity contribution in [1.29, 1.82) is 0 Å². The van der Waals surface area contributed by atoms with Crippen molar-refractivity contribution in [2.45, 2.75) is 77.0 Å². The molecule has 0 atom stereocenters. The summed E-state index contributed by atoms with van der Waals surface area (Å²) in [7, 11) is 0. The van der Waals surface area contributed by atoms with Crippen molar-refractivity contribution in [3.63, 3.8) is 0 Å². The smallest absolute Gasteiger partial charge is 0.0465 e. The van der Waals surface area contributed by atoms with Gasteiger partial charge < -0.3 is 9.80 Å². The molecule has 0 saturated heterocycles. The quantitative estimate of drug-likeness (QED) is 0.140. The first-order valence-corrected chi connectivity index (χ1v) is 27.2. The van der Waals surface area contributed by atoms with Crippen LogP contribution in [0.3, 0.4) is 0 Å². The third kappa shape index (κ3) is 6.79. The molecule has 0 amide bonds. The molecule has 0 fully saturated rings. The van der Waals surface area contributed by atoms with E-state index in [1.54, 1.807) is 0 Å². The van der Waals surface area contributed by atoms with E-state index in [2.05, 4.69) is 296 Å². The van der Waals surface area contributed by atoms with Crippen LogP contribution in [-0.2, 0) is 21.7 Å². The fourth-order valence-corrected chi connectivity index (χ4v) is 13.9. The lowest BCUT2D eigenvalue weighted by atomic mass is 9.82. The van der Waals surface area contributed by atoms with Crippen molar-refractivity contribution in [2.24, 2.45) is 0 Å². The van der Waals surface area contributed by atoms with Crippen LogP contribution in [0.25, 0.3) is 56.7 Å². The number of rotatable bonds is 8. The zero-order valence-electron chi connectivity index (χ0n) is 44.8. The average Bonchev–Trinajstić information content (AvgIpc) is 4.04. The molecule has 368 valence electrons. The summed E-state index contributed by atoms with van der Waals surface area (Å²) in [5.41, 5.74) is 30.4. The SMILES string of the molecule is CC1(C)c2ccccc2-c2ccc(N(c3ccc(C=Cc4ccc(N(c5ccc6c(c5)C(C)(C)c5ccccc5-6)c5ccc6c(c5)C(C)(C)c5ccccc5-6)cc4)cc3)c3ccc4c(c3)C(C)(C)c3ccccc3-4)cc21. The Balaban J connectivity index is 0.804. The van der Waals surface area contributed by atoms with Crippen LogP contribution in [0.15, 0.2) is 218 Å². The van der Waals surface area contributed by atoms with Crippen LogP contribution in [0.4, 0.5) is 34.1 Å². The highest BCUT2D eigenvalue weighted by molar-refractivity contribution is 5.91. The molecule has 2 heteroatoms. The lowest BCUT2D eigenvalue weighted by molar-refractivity contribution is 0.659. The standard InChI is InChI=1S/C74H62N2/c1-71(2)63-21-13-9-17-55(63)59-39-35-51(43-67(59)71)75(52-36-40-60-56-18-10-14-22-64(56)72(3,4)68(60)44-52)49-31-27-47(28-32-49)25-26-48-29-33-50(34-30-48)76(53-37-41-61-57-19-11-15-23-65(57)73(5,6)69(61)45-53)54-38-42-62-58-20-12-16-24-66(58)74(7,8)70(62)46-54/h9-46H,1-8H3. The molecule has 76 heavy (non-hydrogen) atoms. The van der Waals surface area contributed by atoms with E-state index in [4.69, 9.17) is 0 Å². The van der Waals surface area contributed by atoms with Crippen LogP contribution in [0.2, 0.25) is 0 Å². The molecule has 4 aliphatic rings. The van der Waals surface area contributed by atoms with Gasteiger partial charge in [0.2, 0.25) is 0 Å². The summed E-state index contributed by atoms with van der Waals surface area (Å²) in [5.74, 6) is 0. The molecule has 0 radical (unpaired) electrons. The van der Waals surface area contributed by atoms with Crippen molar-refractivity contribution in [3.05, 3.63) is 274 Å². The third-order valence-corrected chi connectivity index (χ3v) is 18.1. The summed E-state index contributed by atoms with van der Waals surface area (Å²) in [4.78, 5) is 4.91. The highest BCUT2D eigenvalue weighted by atomic mass is 15.1. The topological polar surface area (TPSA) is 6.48 Å². The van der Waals surface area contributed by atoms with Crippen LogP contribution in [0.1, 0.15) is 111 Å². The lowest BCUT2D eigenvalue weighted by Gasteiger charge is -2.30. The Kier molecular flexibility index (Phi) is 10.0. The molecule has 0 aliphatic heterocycles. The normalized spacial score (nSPS) is 15.7. The van der Waals surface area contributed by atoms with Gasteiger partial charge in [-0.15, -0.1) is 0 Å². The van der Waals surface area contributed by atoms with Crippen molar-refractivity contribution in [3.8, 4) is 44.5 Å². The van der Waals surface area contributed by atoms with E-state index in [1.165, 1.54) is 89.0 Å². The Hall–Kier alpha value is -8.46. The van der Waals surface area contributed by atoms with Gasteiger partial charge >= 0.3 is 0 Å². The fraction of sp³-hybridized carbons (Fsp3) is 0.162. The van der Waals surface area contributed by atoms with Gasteiger partial charge in [-0.05, 0) is 173 Å². The summed E-state index contributed by atoms with van der Waals surface area (Å²) < 4.78 is 0. The minimum absolute atomic E-state index is 0.113. The van der Waals surface area contributed by atoms with E-state index < -0.39 is 0 Å². The molecule has 10 aromatic rings. The molecule has 0 unspecified atom stereocenters. The zero-order valence-corrected chi connectivity index (χ0v) is 44.8. The molecule has 0 aromatic heterocycles. The lowest BCUT2D eigenvalue weighted by Crippen LogP contribution is -2.18. The van der Waals surface area contributed by atoms with Gasteiger partial charge in [0.25, 0.3) is 0 Å². The molecular weight excluding hydrogens is 917 g/mol. The number of benzene rings is 10. The monoisotopic (exact) mass is 978 g/mol. The molecule has 0 saturated carbocycles. The maximum atomic E-state index is 2.46. The first kappa shape index (κ1) is 46.1. The average molecular weight is 979 g/mol. The van der Waals surface area contributed by atoms with E-state index in [-0.39, 0.29) is 21.7 Å². The van der Waals surface area contributed by atoms with E-state index in [0.29, 0.717) is 0 Å². The number of anilines is 6. The third-order valence-electron chi connectivity index (χ3n) is 18.1. The molecular formula is C74H62N2. The van der Waals surface area contributed by atoms with E-state index in [1.807, 2.05) is 0 Å². The van der Waals surface area contributed by atoms with Crippen LogP contribution in [-0.4, -0.2) is 0 Å². The second-order valence-corrected chi connectivity index (χ2v) is 23.8. The van der Waals surface area contributed by atoms with Crippen LogP contribution in [0, 0.1) is 0 Å². The highest BCUT2D eigenvalue weighted by Crippen LogP contribution is 2.55. The predicted molar refractivity (Wildman–Crippen MR) is 321 cm³/mol. The summed E-state index contributed by atoms with van der Waals surface area (Å²) in [6.07, 6.45) is 4.48. The van der Waals surface area contributed by atoms with Gasteiger partial charge in [-0.2, -0.15) is 0 Å². The molecule has 10 aromatic carbocycles. The fourth-order valence-electron chi connectivity index (χ4n) is 13.9. The van der Waals surface area contributed by atoms with Crippen molar-refractivity contribution in [2.75, 3.05) is 9.80 Å². The molecule has 0 bridgehead atoms. The maximum Gasteiger partial charge on any atom is 0.0465 e. The summed E-state index contributed by atoms with van der Waals surface area (Å²) >= 11 is 0. The van der Waals surface area contributed by atoms with Crippen molar-refractivity contribution >= 4 is 46.3 Å². The van der Waals surface area contributed by atoms with Crippen LogP contribution < -0.4 is 9.80 Å². The van der Waals surface area contributed by atoms with Gasteiger partial charge in [0, 0.05) is 55.8 Å². The predicted octanol–water partition coefficient (Wildman–Crippen LogP) is 20.0. The zero-order chi connectivity index (χ0) is 51.9. The van der Waals surface area contributed by atoms with Crippen LogP contribution >= 0.6 is 0 Å². The van der Waals surface area contributed by atoms with Gasteiger partial charge in [0.1, 0.15) is 0 Å². The number of hydrogen-bond donors (Lipinski definition) is 0. The number of nitrogens with zero attached hydrogens (tertiary/aromatic N) is 2. The van der Waals surface area contributed by atoms with Gasteiger partial charge in [0.15, 0.2) is 0 Å². The van der Waals surface area contributed by atoms with E-state index >= 15 is 0 Å². The Morgan fingerprint density at radius 2 is 0.434 bits per heavy atom. The molecule has 2 nitrogen and oxygen atoms in total. The number of hydrogen-bond acceptors (Lipinski definition) is 2. The minimum atomic E-state index is -0.113. The van der Waals surface area contributed by atoms with Crippen molar-refractivity contribution in [1.82, 2.24) is 0 Å². The molecule has 0 heterocycles. The maximum absolute atomic E-state index is 2.46. The Morgan fingerprint density at radius 3 is 0.684 bits per heavy atom. The number of fused-ring (bicyclic) bond motifs is 12. The molecule has 0 N–H and O–H groups in total. The Morgan fingerprint density at radius 1 is 0.224 bits per heavy atom. The molecule has 0 spiro atoms. The van der Waals surface area contributed by atoms with Crippen LogP contribution in [0.5, 0.6) is 0 Å². The summed E-state index contributed by atoms with van der Waals surface area (Å²) in [6.45, 7) is 18.9. The highest BCUT2D eigenvalue weighted by Gasteiger charge is 2.40. The first-order valence-electron chi connectivity index (χ1n) is 27.2. The largest absolute Gasteiger partial charge is 0.310 e. The van der Waals surface area contributed by atoms with Crippen molar-refractivity contribution < 1.29 is 0 Å². The Bertz CT molecular complexity index is 3570. The van der Waals surface area contributed by atoms with Gasteiger partial charge in [-0.25, -0.2) is 0 Å². The first-order chi connectivity index (χ1) is 36.7. The minimum Gasteiger partial charge on any atom is -0.310 e. The second kappa shape index (κ2) is 16.5. The van der Waals surface area contributed by atoms with Gasteiger partial charge in [-0.3, -0.25) is 0 Å². The van der Waals surface area contributed by atoms with Gasteiger partial charge in [-0.1, -0.05) is 213 Å². The summed E-state index contributed by atoms with van der Waals surface area (Å²) in [6, 6.07) is 82.3. The summed E-state index contributed by atoms with van der Waals surface area (Å²) in [5, 5.41) is 0. The molecule has 14 rings (SSSR count). The Labute approximate surface area is 449 Å². The second-order valence-electron chi connectivity index (χ2n) is 23.8. The van der Waals surface area contributed by atoms with E-state index in [9.17, 15) is 0 Å². The van der Waals surface area contributed by atoms with Gasteiger partial charge in [0.05, 0.1) is 0 Å².